The molecule has 0 radical (unpaired) electrons. The third-order valence-corrected chi connectivity index (χ3v) is 5.83. The number of carbonyl (C=O) groups is 2. The molecule has 6 nitrogen and oxygen atoms in total. The van der Waals surface area contributed by atoms with E-state index in [4.69, 9.17) is 9.47 Å². The number of aliphatic carboxylic acids is 1. The van der Waals surface area contributed by atoms with Crippen LogP contribution in [-0.4, -0.2) is 54.3 Å². The molecule has 2 saturated heterocycles. The second-order valence-corrected chi connectivity index (χ2v) is 7.78. The molecule has 1 aromatic rings. The van der Waals surface area contributed by atoms with Gasteiger partial charge in [-0.1, -0.05) is 19.1 Å². The van der Waals surface area contributed by atoms with Crippen LogP contribution in [0.4, 0.5) is 0 Å². The Kier molecular flexibility index (Phi) is 7.31. The van der Waals surface area contributed by atoms with Crippen LogP contribution in [0.25, 0.3) is 0 Å². The Morgan fingerprint density at radius 1 is 1.18 bits per heavy atom. The molecule has 1 unspecified atom stereocenters. The van der Waals surface area contributed by atoms with E-state index in [-0.39, 0.29) is 17.9 Å². The van der Waals surface area contributed by atoms with Crippen molar-refractivity contribution in [3.8, 4) is 5.75 Å². The molecule has 0 bridgehead atoms. The lowest BCUT2D eigenvalue weighted by atomic mass is 9.84. The Labute approximate surface area is 166 Å². The van der Waals surface area contributed by atoms with Crippen molar-refractivity contribution in [1.82, 2.24) is 4.90 Å². The molecule has 0 saturated carbocycles. The number of piperidine rings is 1. The first-order chi connectivity index (χ1) is 13.6. The van der Waals surface area contributed by atoms with E-state index in [1.54, 1.807) is 0 Å². The molecule has 2 heterocycles. The van der Waals surface area contributed by atoms with E-state index in [0.29, 0.717) is 39.1 Å². The summed E-state index contributed by atoms with van der Waals surface area (Å²) in [6.07, 6.45) is 4.26. The lowest BCUT2D eigenvalue weighted by molar-refractivity contribution is -0.146. The maximum Gasteiger partial charge on any atom is 0.309 e. The number of carbonyl (C=O) groups excluding carboxylic acids is 1. The van der Waals surface area contributed by atoms with E-state index >= 15 is 0 Å². The number of aryl methyl sites for hydroxylation is 1. The van der Waals surface area contributed by atoms with Crippen molar-refractivity contribution in [2.45, 2.75) is 51.6 Å². The summed E-state index contributed by atoms with van der Waals surface area (Å²) in [5.41, 5.74) is 1.13. The van der Waals surface area contributed by atoms with E-state index in [1.807, 2.05) is 29.2 Å². The van der Waals surface area contributed by atoms with Crippen molar-refractivity contribution in [3.05, 3.63) is 29.8 Å². The molecular formula is C22H31NO5. The summed E-state index contributed by atoms with van der Waals surface area (Å²) in [6, 6.07) is 7.96. The van der Waals surface area contributed by atoms with Crippen molar-refractivity contribution in [2.24, 2.45) is 11.8 Å². The van der Waals surface area contributed by atoms with Gasteiger partial charge < -0.3 is 19.5 Å². The fourth-order valence-corrected chi connectivity index (χ4v) is 4.20. The Morgan fingerprint density at radius 3 is 2.54 bits per heavy atom. The molecule has 2 aliphatic heterocycles. The number of likely N-dealkylation sites (tertiary alicyclic amines) is 1. The van der Waals surface area contributed by atoms with Gasteiger partial charge in [-0.15, -0.1) is 0 Å². The van der Waals surface area contributed by atoms with Crippen molar-refractivity contribution < 1.29 is 24.2 Å². The third-order valence-electron chi connectivity index (χ3n) is 5.83. The number of benzene rings is 1. The molecule has 28 heavy (non-hydrogen) atoms. The number of amides is 1. The molecule has 154 valence electrons. The molecule has 6 heteroatoms. The monoisotopic (exact) mass is 389 g/mol. The highest BCUT2D eigenvalue weighted by atomic mass is 16.5. The Bertz CT molecular complexity index is 651. The van der Waals surface area contributed by atoms with Gasteiger partial charge in [-0.2, -0.15) is 0 Å². The lowest BCUT2D eigenvalue weighted by Gasteiger charge is -2.35. The molecule has 2 aliphatic rings. The van der Waals surface area contributed by atoms with Gasteiger partial charge in [0.15, 0.2) is 0 Å². The second-order valence-electron chi connectivity index (χ2n) is 7.78. The highest BCUT2D eigenvalue weighted by molar-refractivity contribution is 5.76. The number of carboxylic acid groups (broad SMARTS) is 1. The van der Waals surface area contributed by atoms with Gasteiger partial charge in [0.2, 0.25) is 5.91 Å². The number of carboxylic acids is 1. The average Bonchev–Trinajstić information content (AvgIpc) is 3.21. The quantitative estimate of drug-likeness (QED) is 0.739. The van der Waals surface area contributed by atoms with Crippen LogP contribution in [0.5, 0.6) is 5.75 Å². The van der Waals surface area contributed by atoms with E-state index in [1.165, 1.54) is 0 Å². The first-order valence-electron chi connectivity index (χ1n) is 10.4. The highest BCUT2D eigenvalue weighted by Gasteiger charge is 2.40. The van der Waals surface area contributed by atoms with Gasteiger partial charge in [-0.3, -0.25) is 9.59 Å². The molecule has 3 rings (SSSR count). The van der Waals surface area contributed by atoms with Crippen LogP contribution in [0.2, 0.25) is 0 Å². The molecule has 2 atom stereocenters. The molecular weight excluding hydrogens is 358 g/mol. The number of hydrogen-bond donors (Lipinski definition) is 1. The fourth-order valence-electron chi connectivity index (χ4n) is 4.20. The van der Waals surface area contributed by atoms with Gasteiger partial charge in [-0.25, -0.2) is 0 Å². The molecule has 0 aromatic heterocycles. The van der Waals surface area contributed by atoms with Gasteiger partial charge in [0.25, 0.3) is 0 Å². The first kappa shape index (κ1) is 20.6. The summed E-state index contributed by atoms with van der Waals surface area (Å²) in [6.45, 7) is 4.71. The minimum atomic E-state index is -0.757. The highest BCUT2D eigenvalue weighted by Crippen LogP contribution is 2.33. The zero-order valence-electron chi connectivity index (χ0n) is 16.6. The van der Waals surface area contributed by atoms with Crippen LogP contribution in [0.15, 0.2) is 24.3 Å². The van der Waals surface area contributed by atoms with Gasteiger partial charge in [0.1, 0.15) is 5.75 Å². The van der Waals surface area contributed by atoms with Crippen LogP contribution >= 0.6 is 0 Å². The summed E-state index contributed by atoms with van der Waals surface area (Å²) in [7, 11) is 0. The van der Waals surface area contributed by atoms with Crippen LogP contribution < -0.4 is 4.74 Å². The van der Waals surface area contributed by atoms with Gasteiger partial charge in [0.05, 0.1) is 18.6 Å². The summed E-state index contributed by atoms with van der Waals surface area (Å²) in [5.74, 6) is 0.131. The standard InChI is InChI=1S/C22H31NO5/c1-2-14-27-18-6-3-16(4-7-18)5-8-20(24)23-12-9-17(10-13-23)21-19(22(25)26)11-15-28-21/h3-4,6-7,17,19,21H,2,5,8-15H2,1H3,(H,25,26)/t19?,21-/m0/s1. The Hall–Kier alpha value is -2.08. The van der Waals surface area contributed by atoms with Gasteiger partial charge in [0, 0.05) is 26.1 Å². The van der Waals surface area contributed by atoms with Crippen LogP contribution in [0.1, 0.15) is 44.6 Å². The zero-order valence-corrected chi connectivity index (χ0v) is 16.6. The maximum atomic E-state index is 12.6. The maximum absolute atomic E-state index is 12.6. The largest absolute Gasteiger partial charge is 0.494 e. The van der Waals surface area contributed by atoms with Crippen LogP contribution in [0, 0.1) is 11.8 Å². The normalized spacial score (nSPS) is 23.0. The average molecular weight is 389 g/mol. The Morgan fingerprint density at radius 2 is 1.89 bits per heavy atom. The summed E-state index contributed by atoms with van der Waals surface area (Å²) >= 11 is 0. The number of ether oxygens (including phenoxy) is 2. The predicted octanol–water partition coefficient (Wildman–Crippen LogP) is 3.14. The third kappa shape index (κ3) is 5.25. The van der Waals surface area contributed by atoms with Crippen molar-refractivity contribution in [2.75, 3.05) is 26.3 Å². The van der Waals surface area contributed by atoms with Gasteiger partial charge >= 0.3 is 5.97 Å². The van der Waals surface area contributed by atoms with Crippen molar-refractivity contribution >= 4 is 11.9 Å². The molecule has 2 fully saturated rings. The lowest BCUT2D eigenvalue weighted by Crippen LogP contribution is -2.43. The van der Waals surface area contributed by atoms with Crippen molar-refractivity contribution in [3.63, 3.8) is 0 Å². The van der Waals surface area contributed by atoms with Crippen LogP contribution in [-0.2, 0) is 20.7 Å². The number of nitrogens with zero attached hydrogens (tertiary/aromatic N) is 1. The first-order valence-corrected chi connectivity index (χ1v) is 10.4. The molecule has 1 N–H and O–H groups in total. The fraction of sp³-hybridized carbons (Fsp3) is 0.636. The van der Waals surface area contributed by atoms with Gasteiger partial charge in [-0.05, 0) is 55.7 Å². The molecule has 0 spiro atoms. The van der Waals surface area contributed by atoms with E-state index in [2.05, 4.69) is 6.92 Å². The zero-order chi connectivity index (χ0) is 19.9. The van der Waals surface area contributed by atoms with E-state index < -0.39 is 11.9 Å². The summed E-state index contributed by atoms with van der Waals surface area (Å²) in [5, 5.41) is 9.34. The minimum Gasteiger partial charge on any atom is -0.494 e. The van der Waals surface area contributed by atoms with Crippen molar-refractivity contribution in [1.29, 1.82) is 0 Å². The van der Waals surface area contributed by atoms with E-state index in [9.17, 15) is 14.7 Å². The SMILES string of the molecule is CCCOc1ccc(CCC(=O)N2CCC([C@@H]3OCCC3C(=O)O)CC2)cc1. The molecule has 1 aromatic carbocycles. The predicted molar refractivity (Wildman–Crippen MR) is 105 cm³/mol. The second kappa shape index (κ2) is 9.92. The van der Waals surface area contributed by atoms with Crippen LogP contribution in [0.3, 0.4) is 0 Å². The Balaban J connectivity index is 1.42. The summed E-state index contributed by atoms with van der Waals surface area (Å²) < 4.78 is 11.3. The topological polar surface area (TPSA) is 76.1 Å². The number of rotatable bonds is 8. The number of hydrogen-bond acceptors (Lipinski definition) is 4. The van der Waals surface area contributed by atoms with E-state index in [0.717, 1.165) is 37.0 Å². The molecule has 0 aliphatic carbocycles. The molecule has 1 amide bonds. The minimum absolute atomic E-state index is 0.173. The summed E-state index contributed by atoms with van der Waals surface area (Å²) in [4.78, 5) is 25.8. The smallest absolute Gasteiger partial charge is 0.309 e.